The molecule has 2 atom stereocenters. The van der Waals surface area contributed by atoms with E-state index in [4.69, 9.17) is 10.6 Å². The van der Waals surface area contributed by atoms with Crippen LogP contribution in [0, 0.1) is 0 Å². The zero-order valence-corrected chi connectivity index (χ0v) is 19.3. The molecule has 2 amide bonds. The van der Waals surface area contributed by atoms with Crippen molar-refractivity contribution >= 4 is 50.3 Å². The first-order valence-corrected chi connectivity index (χ1v) is 9.95. The van der Waals surface area contributed by atoms with Gasteiger partial charge in [-0.3, -0.25) is 9.59 Å². The SMILES string of the molecule is CCCON=C(C(=O)NC1C(=O)N(S(=O)(=O)[O-])C1C(=O)OC)c1csc(N)n1.[Na+]. The minimum absolute atomic E-state index is 0. The minimum Gasteiger partial charge on any atom is -0.731 e. The Kier molecular flexibility index (Phi) is 8.98. The Morgan fingerprint density at radius 2 is 2.14 bits per heavy atom. The first-order chi connectivity index (χ1) is 13.1. The zero-order valence-electron chi connectivity index (χ0n) is 15.6. The maximum Gasteiger partial charge on any atom is 1.00 e. The summed E-state index contributed by atoms with van der Waals surface area (Å²) in [6, 6.07) is -3.47. The fraction of sp³-hybridized carbons (Fsp3) is 0.462. The van der Waals surface area contributed by atoms with Gasteiger partial charge in [-0.1, -0.05) is 12.1 Å². The first-order valence-electron chi connectivity index (χ1n) is 7.70. The molecule has 1 aromatic rings. The van der Waals surface area contributed by atoms with Crippen molar-refractivity contribution in [2.45, 2.75) is 25.4 Å². The van der Waals surface area contributed by atoms with Crippen LogP contribution in [-0.4, -0.2) is 71.6 Å². The maximum atomic E-state index is 12.6. The van der Waals surface area contributed by atoms with Crippen LogP contribution < -0.4 is 40.6 Å². The number of aromatic nitrogens is 1. The fourth-order valence-corrected chi connectivity index (χ4v) is 3.58. The van der Waals surface area contributed by atoms with Crippen LogP contribution in [0.1, 0.15) is 19.0 Å². The summed E-state index contributed by atoms with van der Waals surface area (Å²) < 4.78 is 37.7. The number of β-lactam (4-membered cyclic amide) rings is 1. The van der Waals surface area contributed by atoms with Crippen molar-refractivity contribution in [3.8, 4) is 0 Å². The standard InChI is InChI=1S/C13H17N5O8S2.Na/c1-3-4-26-17-7(6-5-27-13(14)15-6)10(19)16-8-9(12(21)25-2)18(11(8)20)28(22,23)24;/h5,8-9H,3-4H2,1-2H3,(H2,14,15)(H,16,19)(H,22,23,24);/q;+1/p-1. The summed E-state index contributed by atoms with van der Waals surface area (Å²) in [5.41, 5.74) is 5.24. The van der Waals surface area contributed by atoms with Crippen LogP contribution in [0.4, 0.5) is 5.13 Å². The van der Waals surface area contributed by atoms with Gasteiger partial charge in [-0.25, -0.2) is 22.5 Å². The van der Waals surface area contributed by atoms with Gasteiger partial charge in [-0.15, -0.1) is 11.3 Å². The van der Waals surface area contributed by atoms with Crippen molar-refractivity contribution in [2.75, 3.05) is 19.5 Å². The number of hydrogen-bond acceptors (Lipinski definition) is 12. The molecule has 2 rings (SSSR count). The molecule has 1 saturated heterocycles. The molecule has 0 aliphatic carbocycles. The van der Waals surface area contributed by atoms with Crippen LogP contribution in [-0.2, 0) is 34.3 Å². The fourth-order valence-electron chi connectivity index (χ4n) is 2.22. The van der Waals surface area contributed by atoms with E-state index in [-0.39, 0.29) is 57.0 Å². The van der Waals surface area contributed by atoms with Gasteiger partial charge in [-0.05, 0) is 6.42 Å². The Hall–Kier alpha value is -1.78. The Bertz CT molecular complexity index is 918. The summed E-state index contributed by atoms with van der Waals surface area (Å²) in [7, 11) is -4.34. The second-order valence-corrected chi connectivity index (χ2v) is 7.49. The van der Waals surface area contributed by atoms with Crippen molar-refractivity contribution < 1.29 is 66.5 Å². The molecule has 0 saturated carbocycles. The number of ether oxygens (including phenoxy) is 1. The van der Waals surface area contributed by atoms with E-state index < -0.39 is 40.2 Å². The average molecular weight is 457 g/mol. The van der Waals surface area contributed by atoms with E-state index >= 15 is 0 Å². The molecule has 0 aromatic carbocycles. The molecule has 1 aliphatic rings. The molecule has 154 valence electrons. The van der Waals surface area contributed by atoms with Gasteiger partial charge in [0.1, 0.15) is 18.3 Å². The van der Waals surface area contributed by atoms with E-state index in [2.05, 4.69) is 20.2 Å². The number of nitrogens with one attached hydrogen (secondary N) is 1. The molecule has 3 N–H and O–H groups in total. The number of hydrogen-bond donors (Lipinski definition) is 2. The third-order valence-corrected chi connectivity index (χ3v) is 5.02. The van der Waals surface area contributed by atoms with E-state index in [0.29, 0.717) is 6.42 Å². The second kappa shape index (κ2) is 10.3. The summed E-state index contributed by atoms with van der Waals surface area (Å²) in [6.45, 7) is 1.99. The molecule has 1 fully saturated rings. The smallest absolute Gasteiger partial charge is 0.731 e. The Balaban J connectivity index is 0.00000420. The monoisotopic (exact) mass is 457 g/mol. The van der Waals surface area contributed by atoms with Crippen LogP contribution in [0.3, 0.4) is 0 Å². The van der Waals surface area contributed by atoms with Gasteiger partial charge < -0.3 is 25.2 Å². The number of rotatable bonds is 8. The molecule has 2 unspecified atom stereocenters. The normalized spacial score (nSPS) is 19.1. The number of amides is 2. The quantitative estimate of drug-likeness (QED) is 0.0727. The molecular formula is C13H16N5NaO8S2. The topological polar surface area (TPSA) is 193 Å². The number of methoxy groups -OCH3 is 1. The molecule has 13 nitrogen and oxygen atoms in total. The predicted molar refractivity (Wildman–Crippen MR) is 93.6 cm³/mol. The summed E-state index contributed by atoms with van der Waals surface area (Å²) in [6.07, 6.45) is 0.597. The van der Waals surface area contributed by atoms with Gasteiger partial charge in [0.2, 0.25) is 0 Å². The van der Waals surface area contributed by atoms with Crippen LogP contribution in [0.15, 0.2) is 10.5 Å². The van der Waals surface area contributed by atoms with Gasteiger partial charge in [0, 0.05) is 5.38 Å². The number of nitrogen functional groups attached to an aromatic ring is 1. The number of carbonyl (C=O) groups is 3. The van der Waals surface area contributed by atoms with Crippen molar-refractivity contribution in [3.05, 3.63) is 11.1 Å². The molecule has 0 bridgehead atoms. The number of esters is 1. The number of nitrogens with two attached hydrogens (primary N) is 1. The zero-order chi connectivity index (χ0) is 21.1. The van der Waals surface area contributed by atoms with E-state index in [9.17, 15) is 27.4 Å². The Morgan fingerprint density at radius 3 is 2.62 bits per heavy atom. The number of nitrogens with zero attached hydrogens (tertiary/aromatic N) is 3. The number of thiazole rings is 1. The van der Waals surface area contributed by atoms with Crippen LogP contribution >= 0.6 is 11.3 Å². The number of carbonyl (C=O) groups excluding carboxylic acids is 3. The van der Waals surface area contributed by atoms with Crippen LogP contribution in [0.25, 0.3) is 0 Å². The predicted octanol–water partition coefficient (Wildman–Crippen LogP) is -4.81. The summed E-state index contributed by atoms with van der Waals surface area (Å²) >= 11 is 1.02. The second-order valence-electron chi connectivity index (χ2n) is 5.35. The summed E-state index contributed by atoms with van der Waals surface area (Å²) in [5.74, 6) is -3.47. The van der Waals surface area contributed by atoms with Crippen molar-refractivity contribution in [1.82, 2.24) is 14.6 Å². The van der Waals surface area contributed by atoms with Crippen molar-refractivity contribution in [2.24, 2.45) is 5.16 Å². The molecule has 1 aromatic heterocycles. The van der Waals surface area contributed by atoms with Gasteiger partial charge >= 0.3 is 35.5 Å². The third-order valence-electron chi connectivity index (χ3n) is 3.45. The maximum absolute atomic E-state index is 12.6. The number of oxime groups is 1. The van der Waals surface area contributed by atoms with Crippen LogP contribution in [0.5, 0.6) is 0 Å². The minimum atomic E-state index is -5.28. The molecule has 1 aliphatic heterocycles. The van der Waals surface area contributed by atoms with Gasteiger partial charge in [0.25, 0.3) is 11.8 Å². The largest absolute Gasteiger partial charge is 1.00 e. The number of anilines is 1. The first kappa shape index (κ1) is 25.3. The van der Waals surface area contributed by atoms with E-state index in [1.54, 1.807) is 0 Å². The van der Waals surface area contributed by atoms with E-state index in [0.717, 1.165) is 18.4 Å². The van der Waals surface area contributed by atoms with Crippen LogP contribution in [0.2, 0.25) is 0 Å². The molecular weight excluding hydrogens is 441 g/mol. The summed E-state index contributed by atoms with van der Waals surface area (Å²) in [4.78, 5) is 45.2. The van der Waals surface area contributed by atoms with Crippen molar-refractivity contribution in [3.63, 3.8) is 0 Å². The van der Waals surface area contributed by atoms with Gasteiger partial charge in [0.05, 0.1) is 7.11 Å². The van der Waals surface area contributed by atoms with Gasteiger partial charge in [0.15, 0.2) is 27.2 Å². The molecule has 0 spiro atoms. The third kappa shape index (κ3) is 5.64. The van der Waals surface area contributed by atoms with Crippen molar-refractivity contribution in [1.29, 1.82) is 0 Å². The molecule has 0 radical (unpaired) electrons. The van der Waals surface area contributed by atoms with Gasteiger partial charge in [-0.2, -0.15) is 0 Å². The Labute approximate surface area is 191 Å². The molecule has 2 heterocycles. The Morgan fingerprint density at radius 1 is 1.48 bits per heavy atom. The molecule has 16 heteroatoms. The summed E-state index contributed by atoms with van der Waals surface area (Å²) in [5, 5.41) is 7.37. The average Bonchev–Trinajstić information content (AvgIpc) is 3.04. The van der Waals surface area contributed by atoms with E-state index in [1.165, 1.54) is 5.38 Å². The van der Waals surface area contributed by atoms with E-state index in [1.807, 2.05) is 6.92 Å². The molecule has 29 heavy (non-hydrogen) atoms.